The maximum Gasteiger partial charge on any atom is 0.317 e. The van der Waals surface area contributed by atoms with Gasteiger partial charge >= 0.3 is 6.03 Å². The van der Waals surface area contributed by atoms with E-state index in [1.165, 1.54) is 0 Å². The Hall–Kier alpha value is -1.28. The Balaban J connectivity index is 1.83. The summed E-state index contributed by atoms with van der Waals surface area (Å²) in [5.41, 5.74) is 0. The average molecular weight is 195 g/mol. The van der Waals surface area contributed by atoms with Crippen LogP contribution in [0.2, 0.25) is 0 Å². The number of carbonyl (C=O) groups is 1. The Bertz CT molecular complexity index is 270. The molecule has 0 aromatic heterocycles. The van der Waals surface area contributed by atoms with Gasteiger partial charge in [0.05, 0.1) is 19.2 Å². The van der Waals surface area contributed by atoms with Crippen molar-refractivity contribution in [3.63, 3.8) is 0 Å². The highest BCUT2D eigenvalue weighted by molar-refractivity contribution is 5.75. The number of hydrogen-bond acceptors (Lipinski definition) is 3. The van der Waals surface area contributed by atoms with Crippen LogP contribution in [0, 0.1) is 11.3 Å². The van der Waals surface area contributed by atoms with Crippen molar-refractivity contribution in [1.82, 2.24) is 10.2 Å². The molecule has 76 valence electrons. The highest BCUT2D eigenvalue weighted by atomic mass is 16.5. The van der Waals surface area contributed by atoms with E-state index in [1.807, 2.05) is 6.07 Å². The van der Waals surface area contributed by atoms with Crippen LogP contribution >= 0.6 is 0 Å². The molecule has 2 fully saturated rings. The molecular formula is C9H13N3O2. The smallest absolute Gasteiger partial charge is 0.317 e. The second-order valence-electron chi connectivity index (χ2n) is 3.66. The van der Waals surface area contributed by atoms with Crippen molar-refractivity contribution in [3.05, 3.63) is 0 Å². The zero-order valence-corrected chi connectivity index (χ0v) is 7.90. The van der Waals surface area contributed by atoms with Crippen LogP contribution in [0.25, 0.3) is 0 Å². The number of nitrogens with one attached hydrogen (secondary N) is 1. The number of nitriles is 1. The molecule has 1 aliphatic carbocycles. The molecule has 1 saturated heterocycles. The topological polar surface area (TPSA) is 65.4 Å². The summed E-state index contributed by atoms with van der Waals surface area (Å²) in [5.74, 6) is 0. The maximum atomic E-state index is 11.6. The summed E-state index contributed by atoms with van der Waals surface area (Å²) in [6.07, 6.45) is 1.70. The number of hydrogen-bond donors (Lipinski definition) is 1. The lowest BCUT2D eigenvalue weighted by Gasteiger charge is -2.29. The Morgan fingerprint density at radius 2 is 2.36 bits per heavy atom. The average Bonchev–Trinajstić information content (AvgIpc) is 3.02. The monoisotopic (exact) mass is 195 g/mol. The first-order chi connectivity index (χ1) is 6.79. The van der Waals surface area contributed by atoms with Gasteiger partial charge in [0.1, 0.15) is 0 Å². The van der Waals surface area contributed by atoms with Crippen LogP contribution in [0.5, 0.6) is 0 Å². The first-order valence-electron chi connectivity index (χ1n) is 4.86. The lowest BCUT2D eigenvalue weighted by Crippen LogP contribution is -2.49. The van der Waals surface area contributed by atoms with Crippen LogP contribution < -0.4 is 5.32 Å². The quantitative estimate of drug-likeness (QED) is 0.644. The first-order valence-corrected chi connectivity index (χ1v) is 4.86. The molecule has 1 atom stereocenters. The number of carbonyl (C=O) groups excluding carboxylic acids is 1. The third-order valence-electron chi connectivity index (χ3n) is 2.40. The molecule has 1 unspecified atom stereocenters. The van der Waals surface area contributed by atoms with E-state index in [0.29, 0.717) is 25.7 Å². The number of urea groups is 1. The Labute approximate surface area is 82.6 Å². The molecule has 1 N–H and O–H groups in total. The van der Waals surface area contributed by atoms with E-state index in [2.05, 4.69) is 5.32 Å². The van der Waals surface area contributed by atoms with Crippen molar-refractivity contribution < 1.29 is 9.53 Å². The van der Waals surface area contributed by atoms with E-state index < -0.39 is 6.10 Å². The fraction of sp³-hybridized carbons (Fsp3) is 0.778. The number of ether oxygens (including phenoxy) is 1. The SMILES string of the molecule is N#CC1CN(C(=O)NC2CC2)CCO1. The molecule has 0 spiro atoms. The predicted octanol–water partition coefficient (Wildman–Crippen LogP) is 0.0828. The molecular weight excluding hydrogens is 182 g/mol. The van der Waals surface area contributed by atoms with Crippen molar-refractivity contribution >= 4 is 6.03 Å². The summed E-state index contributed by atoms with van der Waals surface area (Å²) in [6, 6.07) is 2.32. The van der Waals surface area contributed by atoms with Crippen molar-refractivity contribution in [1.29, 1.82) is 5.26 Å². The molecule has 5 nitrogen and oxygen atoms in total. The zero-order valence-electron chi connectivity index (χ0n) is 7.90. The largest absolute Gasteiger partial charge is 0.360 e. The highest BCUT2D eigenvalue weighted by Crippen LogP contribution is 2.19. The van der Waals surface area contributed by atoms with Crippen LogP contribution in [0.4, 0.5) is 4.79 Å². The fourth-order valence-corrected chi connectivity index (χ4v) is 1.41. The minimum Gasteiger partial charge on any atom is -0.360 e. The summed E-state index contributed by atoms with van der Waals surface area (Å²) in [6.45, 7) is 1.42. The van der Waals surface area contributed by atoms with Crippen LogP contribution in [0.15, 0.2) is 0 Å². The summed E-state index contributed by atoms with van der Waals surface area (Å²) < 4.78 is 5.15. The second-order valence-corrected chi connectivity index (χ2v) is 3.66. The van der Waals surface area contributed by atoms with E-state index in [0.717, 1.165) is 12.8 Å². The standard InChI is InChI=1S/C9H13N3O2/c10-5-8-6-12(3-4-14-8)9(13)11-7-1-2-7/h7-8H,1-4,6H2,(H,11,13). The van der Waals surface area contributed by atoms with Crippen LogP contribution in [0.3, 0.4) is 0 Å². The van der Waals surface area contributed by atoms with Crippen LogP contribution in [0.1, 0.15) is 12.8 Å². The fourth-order valence-electron chi connectivity index (χ4n) is 1.41. The summed E-state index contributed by atoms with van der Waals surface area (Å²) in [7, 11) is 0. The summed E-state index contributed by atoms with van der Waals surface area (Å²) in [4.78, 5) is 13.2. The van der Waals surface area contributed by atoms with Gasteiger partial charge in [-0.15, -0.1) is 0 Å². The molecule has 2 rings (SSSR count). The van der Waals surface area contributed by atoms with Gasteiger partial charge in [0, 0.05) is 12.6 Å². The van der Waals surface area contributed by atoms with E-state index in [-0.39, 0.29) is 6.03 Å². The molecule has 1 aliphatic heterocycles. The molecule has 14 heavy (non-hydrogen) atoms. The van der Waals surface area contributed by atoms with Crippen molar-refractivity contribution in [3.8, 4) is 6.07 Å². The molecule has 1 heterocycles. The van der Waals surface area contributed by atoms with E-state index in [1.54, 1.807) is 4.90 Å². The Morgan fingerprint density at radius 3 is 3.00 bits per heavy atom. The Kier molecular flexibility index (Phi) is 2.55. The third-order valence-corrected chi connectivity index (χ3v) is 2.40. The molecule has 5 heteroatoms. The maximum absolute atomic E-state index is 11.6. The van der Waals surface area contributed by atoms with Crippen LogP contribution in [-0.4, -0.2) is 42.8 Å². The first kappa shape index (κ1) is 9.28. The zero-order chi connectivity index (χ0) is 9.97. The third kappa shape index (κ3) is 2.15. The van der Waals surface area contributed by atoms with Gasteiger partial charge in [0.15, 0.2) is 6.10 Å². The van der Waals surface area contributed by atoms with Gasteiger partial charge in [-0.3, -0.25) is 0 Å². The molecule has 1 saturated carbocycles. The predicted molar refractivity (Wildman–Crippen MR) is 48.5 cm³/mol. The van der Waals surface area contributed by atoms with E-state index >= 15 is 0 Å². The van der Waals surface area contributed by atoms with Gasteiger partial charge in [-0.1, -0.05) is 0 Å². The minimum atomic E-state index is -0.464. The van der Waals surface area contributed by atoms with Crippen molar-refractivity contribution in [2.45, 2.75) is 25.0 Å². The molecule has 0 bridgehead atoms. The number of morpholine rings is 1. The second kappa shape index (κ2) is 3.84. The molecule has 0 aromatic rings. The van der Waals surface area contributed by atoms with Gasteiger partial charge < -0.3 is 15.0 Å². The summed E-state index contributed by atoms with van der Waals surface area (Å²) in [5, 5.41) is 11.5. The van der Waals surface area contributed by atoms with E-state index in [4.69, 9.17) is 10.00 Å². The molecule has 2 amide bonds. The highest BCUT2D eigenvalue weighted by Gasteiger charge is 2.28. The van der Waals surface area contributed by atoms with Gasteiger partial charge in [-0.25, -0.2) is 4.79 Å². The van der Waals surface area contributed by atoms with Crippen LogP contribution in [-0.2, 0) is 4.74 Å². The van der Waals surface area contributed by atoms with Gasteiger partial charge in [0.2, 0.25) is 0 Å². The molecule has 0 radical (unpaired) electrons. The lowest BCUT2D eigenvalue weighted by atomic mass is 10.3. The molecule has 0 aromatic carbocycles. The van der Waals surface area contributed by atoms with E-state index in [9.17, 15) is 4.79 Å². The lowest BCUT2D eigenvalue weighted by molar-refractivity contribution is 0.0157. The molecule has 2 aliphatic rings. The van der Waals surface area contributed by atoms with Gasteiger partial charge in [-0.05, 0) is 12.8 Å². The number of rotatable bonds is 1. The van der Waals surface area contributed by atoms with Crippen molar-refractivity contribution in [2.75, 3.05) is 19.7 Å². The number of amides is 2. The number of nitrogens with zero attached hydrogens (tertiary/aromatic N) is 2. The van der Waals surface area contributed by atoms with Gasteiger partial charge in [-0.2, -0.15) is 5.26 Å². The normalized spacial score (nSPS) is 26.8. The Morgan fingerprint density at radius 1 is 1.57 bits per heavy atom. The summed E-state index contributed by atoms with van der Waals surface area (Å²) >= 11 is 0. The van der Waals surface area contributed by atoms with Gasteiger partial charge in [0.25, 0.3) is 0 Å². The van der Waals surface area contributed by atoms with Crippen molar-refractivity contribution in [2.24, 2.45) is 0 Å². The minimum absolute atomic E-state index is 0.0592.